The number of ether oxygens (including phenoxy) is 5. The molecule has 1 aromatic carbocycles. The smallest absolute Gasteiger partial charge is 0.409 e. The highest BCUT2D eigenvalue weighted by Crippen LogP contribution is 2.49. The van der Waals surface area contributed by atoms with Gasteiger partial charge in [0.1, 0.15) is 40.7 Å². The van der Waals surface area contributed by atoms with E-state index in [0.717, 1.165) is 11.1 Å². The molecule has 60 heavy (non-hydrogen) atoms. The number of epoxide rings is 1. The standard InChI is InChI=1S/C42H60ClN3O12S2/c1-24-13-11-14-31(55-10)42(53)23-30(56-39(52)44-42)25(2)37-41(6,58-37)32(22-34(48)46(8)28-20-27(19-24)21-29(54-9)36(28)43)57-38(51)26(3)45(7)33(47)16-17-40(4,5)60-59-18-12-15-35(49)50/h11,13-14,20-21,25-26,30-32,37,53H,12,15-19,22-23H2,1-10H3,(H,44,52)(H,49,50)/t25-,26+,30+,31-,32+,37+,41+,42+/m1/s1. The van der Waals surface area contributed by atoms with Crippen LogP contribution in [0, 0.1) is 5.92 Å². The van der Waals surface area contributed by atoms with Gasteiger partial charge in [-0.05, 0) is 71.6 Å². The largest absolute Gasteiger partial charge is 0.495 e. The number of methoxy groups -OCH3 is 2. The Morgan fingerprint density at radius 3 is 2.55 bits per heavy atom. The number of hydrogen-bond donors (Lipinski definition) is 3. The quantitative estimate of drug-likeness (QED) is 0.0813. The van der Waals surface area contributed by atoms with Gasteiger partial charge in [0.2, 0.25) is 11.8 Å². The molecule has 0 spiro atoms. The summed E-state index contributed by atoms with van der Waals surface area (Å²) in [6, 6.07) is 2.54. The number of carbonyl (C=O) groups excluding carboxylic acids is 4. The number of amides is 3. The van der Waals surface area contributed by atoms with E-state index < -0.39 is 71.6 Å². The number of carboxylic acids is 1. The van der Waals surface area contributed by atoms with Gasteiger partial charge in [-0.3, -0.25) is 19.7 Å². The zero-order chi connectivity index (χ0) is 44.7. The molecule has 8 atom stereocenters. The fourth-order valence-electron chi connectivity index (χ4n) is 7.33. The first-order valence-corrected chi connectivity index (χ1v) is 22.6. The monoisotopic (exact) mass is 897 g/mol. The summed E-state index contributed by atoms with van der Waals surface area (Å²) in [4.78, 5) is 68.1. The maximum absolute atomic E-state index is 14.3. The van der Waals surface area contributed by atoms with Crippen molar-refractivity contribution in [3.05, 3.63) is 46.5 Å². The Hall–Kier alpha value is -3.48. The molecule has 0 radical (unpaired) electrons. The van der Waals surface area contributed by atoms with Crippen LogP contribution in [0.1, 0.15) is 85.6 Å². The number of rotatable bonds is 14. The lowest BCUT2D eigenvalue weighted by Crippen LogP contribution is -2.63. The van der Waals surface area contributed by atoms with Gasteiger partial charge in [0.05, 0.1) is 25.3 Å². The molecule has 2 fully saturated rings. The second kappa shape index (κ2) is 20.6. The van der Waals surface area contributed by atoms with E-state index in [2.05, 4.69) is 5.32 Å². The Labute approximate surface area is 365 Å². The number of carboxylic acid groups (broad SMARTS) is 1. The zero-order valence-electron chi connectivity index (χ0n) is 36.1. The van der Waals surface area contributed by atoms with E-state index in [0.29, 0.717) is 36.5 Å². The van der Waals surface area contributed by atoms with Gasteiger partial charge in [0.25, 0.3) is 0 Å². The van der Waals surface area contributed by atoms with Crippen molar-refractivity contribution >= 4 is 68.7 Å². The fourth-order valence-corrected chi connectivity index (χ4v) is 10.3. The minimum atomic E-state index is -1.85. The molecule has 334 valence electrons. The summed E-state index contributed by atoms with van der Waals surface area (Å²) < 4.78 is 29.1. The molecule has 3 aliphatic heterocycles. The molecule has 0 unspecified atom stereocenters. The molecule has 18 heteroatoms. The van der Waals surface area contributed by atoms with Crippen molar-refractivity contribution < 1.29 is 57.9 Å². The van der Waals surface area contributed by atoms with Gasteiger partial charge in [-0.2, -0.15) is 0 Å². The SMILES string of the molecule is COc1cc2cc(c1Cl)N(C)C(=O)C[C@H](OC(=O)[C@H](C)N(C)C(=O)CCC(C)(C)SSCCCC(=O)O)[C@]1(C)O[C@H]1[C@H](C)[C@@H]1C[C@@](O)(NC(=O)O1)[C@H](OC)C=CC=C(C)C2. The zero-order valence-corrected chi connectivity index (χ0v) is 38.5. The van der Waals surface area contributed by atoms with Crippen molar-refractivity contribution in [3.63, 3.8) is 0 Å². The van der Waals surface area contributed by atoms with Crippen LogP contribution >= 0.6 is 33.2 Å². The van der Waals surface area contributed by atoms with Gasteiger partial charge >= 0.3 is 18.0 Å². The summed E-state index contributed by atoms with van der Waals surface area (Å²) >= 11 is 6.79. The van der Waals surface area contributed by atoms with Crippen LogP contribution in [-0.2, 0) is 44.5 Å². The topological polar surface area (TPSA) is 194 Å². The predicted molar refractivity (Wildman–Crippen MR) is 231 cm³/mol. The number of aliphatic carboxylic acids is 1. The average Bonchev–Trinajstić information content (AvgIpc) is 3.88. The summed E-state index contributed by atoms with van der Waals surface area (Å²) in [5.74, 6) is -1.85. The first kappa shape index (κ1) is 49.2. The number of alkyl carbamates (subject to hydrolysis) is 1. The summed E-state index contributed by atoms with van der Waals surface area (Å²) in [5, 5.41) is 23.4. The number of hydrogen-bond acceptors (Lipinski definition) is 13. The van der Waals surface area contributed by atoms with Crippen LogP contribution in [0.5, 0.6) is 5.75 Å². The van der Waals surface area contributed by atoms with Crippen LogP contribution in [0.15, 0.2) is 35.9 Å². The number of aliphatic hydroxyl groups is 1. The Morgan fingerprint density at radius 2 is 1.90 bits per heavy atom. The molecule has 15 nitrogen and oxygen atoms in total. The van der Waals surface area contributed by atoms with E-state index in [9.17, 15) is 29.1 Å². The Bertz CT molecular complexity index is 1830. The molecule has 4 rings (SSSR count). The predicted octanol–water partition coefficient (Wildman–Crippen LogP) is 6.32. The number of anilines is 1. The van der Waals surface area contributed by atoms with Crippen molar-refractivity contribution in [3.8, 4) is 5.75 Å². The second-order valence-electron chi connectivity index (χ2n) is 16.6. The minimum absolute atomic E-state index is 0.0691. The highest BCUT2D eigenvalue weighted by molar-refractivity contribution is 8.77. The molecule has 2 saturated heterocycles. The molecule has 3 N–H and O–H groups in total. The van der Waals surface area contributed by atoms with Crippen LogP contribution in [0.2, 0.25) is 5.02 Å². The number of carbonyl (C=O) groups is 5. The third kappa shape index (κ3) is 12.3. The van der Waals surface area contributed by atoms with Gasteiger partial charge in [-0.25, -0.2) is 9.59 Å². The number of fused-ring (bicyclic) bond motifs is 5. The van der Waals surface area contributed by atoms with Gasteiger partial charge in [0.15, 0.2) is 5.72 Å². The maximum atomic E-state index is 14.3. The Morgan fingerprint density at radius 1 is 1.20 bits per heavy atom. The third-order valence-electron chi connectivity index (χ3n) is 11.4. The van der Waals surface area contributed by atoms with Crippen molar-refractivity contribution in [2.24, 2.45) is 5.92 Å². The number of allylic oxidation sites excluding steroid dienone is 3. The highest BCUT2D eigenvalue weighted by Gasteiger charge is 2.64. The lowest BCUT2D eigenvalue weighted by Gasteiger charge is -2.42. The number of nitrogens with zero attached hydrogens (tertiary/aromatic N) is 2. The lowest BCUT2D eigenvalue weighted by atomic mass is 9.83. The summed E-state index contributed by atoms with van der Waals surface area (Å²) in [5.41, 5.74) is -1.01. The molecule has 4 bridgehead atoms. The van der Waals surface area contributed by atoms with Gasteiger partial charge in [0, 0.05) is 56.9 Å². The number of esters is 1. The van der Waals surface area contributed by atoms with Crippen LogP contribution in [-0.4, -0.2) is 126 Å². The van der Waals surface area contributed by atoms with E-state index >= 15 is 0 Å². The summed E-state index contributed by atoms with van der Waals surface area (Å²) in [6.45, 7) is 11.0. The van der Waals surface area contributed by atoms with E-state index in [4.69, 9.17) is 40.4 Å². The minimum Gasteiger partial charge on any atom is -0.495 e. The van der Waals surface area contributed by atoms with Crippen molar-refractivity contribution in [2.75, 3.05) is 39.0 Å². The van der Waals surface area contributed by atoms with E-state index in [1.165, 1.54) is 31.1 Å². The van der Waals surface area contributed by atoms with Crippen molar-refractivity contribution in [1.29, 1.82) is 0 Å². The van der Waals surface area contributed by atoms with Gasteiger partial charge in [-0.1, -0.05) is 63.9 Å². The maximum Gasteiger partial charge on any atom is 0.409 e. The molecule has 0 saturated carbocycles. The van der Waals surface area contributed by atoms with Gasteiger partial charge < -0.3 is 43.7 Å². The number of halogens is 1. The number of nitrogens with one attached hydrogen (secondary N) is 1. The highest BCUT2D eigenvalue weighted by atomic mass is 35.5. The summed E-state index contributed by atoms with van der Waals surface area (Å²) in [6.07, 6.45) is 2.04. The van der Waals surface area contributed by atoms with E-state index in [1.54, 1.807) is 73.7 Å². The van der Waals surface area contributed by atoms with E-state index in [-0.39, 0.29) is 41.4 Å². The van der Waals surface area contributed by atoms with Gasteiger partial charge in [-0.15, -0.1) is 0 Å². The number of benzene rings is 1. The van der Waals surface area contributed by atoms with Crippen LogP contribution in [0.25, 0.3) is 0 Å². The first-order valence-electron chi connectivity index (χ1n) is 19.9. The van der Waals surface area contributed by atoms with Crippen molar-refractivity contribution in [1.82, 2.24) is 10.2 Å². The number of likely N-dealkylation sites (N-methyl/N-ethyl adjacent to an activating group) is 1. The lowest BCUT2D eigenvalue weighted by molar-refractivity contribution is -0.162. The Kier molecular flexibility index (Phi) is 16.9. The second-order valence-corrected chi connectivity index (χ2v) is 20.1. The average molecular weight is 899 g/mol. The first-order chi connectivity index (χ1) is 28.0. The normalized spacial score (nSPS) is 27.8. The van der Waals surface area contributed by atoms with Crippen LogP contribution < -0.4 is 15.0 Å². The van der Waals surface area contributed by atoms with Crippen LogP contribution in [0.3, 0.4) is 0 Å². The molecule has 3 amide bonds. The molecule has 3 aliphatic rings. The fraction of sp³-hybridized carbons (Fsp3) is 0.643. The van der Waals surface area contributed by atoms with E-state index in [1.807, 2.05) is 26.8 Å². The molecule has 0 aliphatic carbocycles. The Balaban J connectivity index is 1.62. The molecular weight excluding hydrogens is 838 g/mol. The van der Waals surface area contributed by atoms with Crippen molar-refractivity contribution in [2.45, 2.75) is 133 Å². The van der Waals surface area contributed by atoms with Crippen LogP contribution in [0.4, 0.5) is 10.5 Å². The molecular formula is C42H60ClN3O12S2. The molecule has 0 aromatic heterocycles. The summed E-state index contributed by atoms with van der Waals surface area (Å²) in [7, 11) is 9.15. The third-order valence-corrected chi connectivity index (χ3v) is 15.2. The molecule has 3 heterocycles. The molecule has 1 aromatic rings.